The molecular weight excluding hydrogens is 568 g/mol. The first-order valence-electron chi connectivity index (χ1n) is 15.9. The summed E-state index contributed by atoms with van der Waals surface area (Å²) in [5, 5.41) is 33.1. The van der Waals surface area contributed by atoms with Crippen LogP contribution in [-0.4, -0.2) is 100 Å². The number of aliphatic hydroxyl groups is 2. The quantitative estimate of drug-likeness (QED) is 0.124. The Morgan fingerprint density at radius 2 is 1.73 bits per heavy atom. The number of ketones is 1. The number of carbonyl (C=O) groups excluding carboxylic acids is 5. The molecule has 13 heteroatoms. The van der Waals surface area contributed by atoms with Gasteiger partial charge in [0.15, 0.2) is 6.23 Å². The van der Waals surface area contributed by atoms with E-state index in [1.807, 2.05) is 0 Å². The molecule has 4 aliphatic carbocycles. The lowest BCUT2D eigenvalue weighted by atomic mass is 9.54. The smallest absolute Gasteiger partial charge is 0.287 e. The predicted octanol–water partition coefficient (Wildman–Crippen LogP) is -0.542. The largest absolute Gasteiger partial charge is 0.377 e. The average molecular weight is 615 g/mol. The van der Waals surface area contributed by atoms with Gasteiger partial charge in [0.05, 0.1) is 12.2 Å². The minimum absolute atomic E-state index is 0.0943. The van der Waals surface area contributed by atoms with Crippen LogP contribution in [0.4, 0.5) is 0 Å². The summed E-state index contributed by atoms with van der Waals surface area (Å²) in [5.74, 6) is -0.208. The first-order valence-corrected chi connectivity index (χ1v) is 15.9. The number of nitrogens with zero attached hydrogens (tertiary/aromatic N) is 2. The van der Waals surface area contributed by atoms with Crippen LogP contribution in [0.3, 0.4) is 0 Å². The van der Waals surface area contributed by atoms with Gasteiger partial charge in [0.25, 0.3) is 5.91 Å². The normalized spacial score (nSPS) is 31.7. The molecule has 4 saturated carbocycles. The SMILES string of the molecule is CNC(=O)C(=O)CC[C@H](NC(=O)[C@@H]1CCCN1C(C)=O)C(=O)NC1=CC=CN(CC(O)NC2C3CC4CC(C3)CC2C4)C1O. The number of rotatable bonds is 12. The van der Waals surface area contributed by atoms with E-state index in [9.17, 15) is 34.2 Å². The fourth-order valence-electron chi connectivity index (χ4n) is 8.25. The number of Topliss-reactive ketones (excluding diaryl/α,β-unsaturated/α-hetero) is 1. The monoisotopic (exact) mass is 614 g/mol. The second-order valence-corrected chi connectivity index (χ2v) is 13.1. The Hall–Kier alpha value is -3.29. The van der Waals surface area contributed by atoms with E-state index in [1.165, 1.54) is 62.0 Å². The van der Waals surface area contributed by atoms with Crippen molar-refractivity contribution in [3.05, 3.63) is 24.0 Å². The fourth-order valence-corrected chi connectivity index (χ4v) is 8.25. The van der Waals surface area contributed by atoms with Gasteiger partial charge in [0.2, 0.25) is 23.5 Å². The van der Waals surface area contributed by atoms with Crippen molar-refractivity contribution in [2.45, 2.75) is 95.3 Å². The van der Waals surface area contributed by atoms with E-state index in [0.29, 0.717) is 31.2 Å². The maximum atomic E-state index is 13.4. The molecule has 0 aromatic heterocycles. The molecule has 2 aliphatic heterocycles. The van der Waals surface area contributed by atoms with Gasteiger partial charge in [-0.2, -0.15) is 0 Å². The Morgan fingerprint density at radius 1 is 1.05 bits per heavy atom. The minimum Gasteiger partial charge on any atom is -0.377 e. The van der Waals surface area contributed by atoms with Gasteiger partial charge in [0, 0.05) is 39.2 Å². The third-order valence-electron chi connectivity index (χ3n) is 10.1. The molecule has 5 fully saturated rings. The maximum Gasteiger partial charge on any atom is 0.287 e. The number of hydrogen-bond acceptors (Lipinski definition) is 9. The Kier molecular flexibility index (Phi) is 10.1. The molecule has 2 unspecified atom stereocenters. The summed E-state index contributed by atoms with van der Waals surface area (Å²) in [7, 11) is 1.33. The van der Waals surface area contributed by atoms with Crippen LogP contribution in [0.2, 0.25) is 0 Å². The van der Waals surface area contributed by atoms with Crippen LogP contribution >= 0.6 is 0 Å². The van der Waals surface area contributed by atoms with Crippen molar-refractivity contribution in [1.82, 2.24) is 31.1 Å². The average Bonchev–Trinajstić information content (AvgIpc) is 3.49. The molecule has 4 atom stereocenters. The number of likely N-dealkylation sites (tertiary alicyclic amines) is 1. The highest BCUT2D eigenvalue weighted by atomic mass is 16.3. The first-order chi connectivity index (χ1) is 21.0. The molecule has 13 nitrogen and oxygen atoms in total. The van der Waals surface area contributed by atoms with Crippen LogP contribution in [0.1, 0.15) is 64.7 Å². The number of amides is 4. The molecule has 0 radical (unpaired) electrons. The highest BCUT2D eigenvalue weighted by Gasteiger charge is 2.48. The predicted molar refractivity (Wildman–Crippen MR) is 159 cm³/mol. The van der Waals surface area contributed by atoms with Gasteiger partial charge in [-0.25, -0.2) is 0 Å². The minimum atomic E-state index is -1.27. The third-order valence-corrected chi connectivity index (χ3v) is 10.1. The van der Waals surface area contributed by atoms with Crippen LogP contribution in [0.5, 0.6) is 0 Å². The van der Waals surface area contributed by atoms with E-state index in [2.05, 4.69) is 21.3 Å². The van der Waals surface area contributed by atoms with Gasteiger partial charge >= 0.3 is 0 Å². The molecule has 0 spiro atoms. The van der Waals surface area contributed by atoms with E-state index >= 15 is 0 Å². The summed E-state index contributed by atoms with van der Waals surface area (Å²) >= 11 is 0. The Bertz CT molecular complexity index is 1180. The van der Waals surface area contributed by atoms with Crippen molar-refractivity contribution in [2.24, 2.45) is 23.7 Å². The van der Waals surface area contributed by atoms with Gasteiger partial charge in [-0.1, -0.05) is 0 Å². The lowest BCUT2D eigenvalue weighted by Crippen LogP contribution is -2.58. The van der Waals surface area contributed by atoms with Gasteiger partial charge < -0.3 is 36.0 Å². The number of likely N-dealkylation sites (N-methyl/N-ethyl adjacent to an activating group) is 1. The molecule has 0 aromatic carbocycles. The van der Waals surface area contributed by atoms with Crippen LogP contribution in [0.15, 0.2) is 24.0 Å². The van der Waals surface area contributed by atoms with Crippen LogP contribution in [0.25, 0.3) is 0 Å². The van der Waals surface area contributed by atoms with Gasteiger partial charge in [-0.3, -0.25) is 29.3 Å². The molecular formula is C31H46N6O7. The second kappa shape index (κ2) is 13.8. The molecule has 44 heavy (non-hydrogen) atoms. The van der Waals surface area contributed by atoms with Crippen LogP contribution in [0, 0.1) is 23.7 Å². The number of allylic oxidation sites excluding steroid dienone is 2. The van der Waals surface area contributed by atoms with Gasteiger partial charge in [-0.05, 0) is 87.2 Å². The first kappa shape index (κ1) is 32.1. The Balaban J connectivity index is 1.19. The van der Waals surface area contributed by atoms with E-state index in [-0.39, 0.29) is 37.0 Å². The summed E-state index contributed by atoms with van der Waals surface area (Å²) in [6, 6.07) is -1.68. The standard InChI is InChI=1S/C31H46N6O7/c1-17(38)37-10-4-6-24(37)29(42)33-22(7-8-25(39)30(43)32-2)28(41)34-23-5-3-9-36(31(23)44)16-26(40)35-27-20-12-18-11-19(14-20)15-21(27)13-18/h3,5,9,18-22,24,26-27,31,35,40,44H,4,6-8,10-16H2,1-2H3,(H,32,43)(H,33,42)(H,34,41)/t18?,19?,20?,21?,22-,24-,26?,27?,31?/m0/s1. The zero-order valence-corrected chi connectivity index (χ0v) is 25.5. The van der Waals surface area contributed by atoms with Crippen molar-refractivity contribution < 1.29 is 34.2 Å². The number of carbonyl (C=O) groups is 5. The summed E-state index contributed by atoms with van der Waals surface area (Å²) in [6.45, 7) is 1.91. The molecule has 4 bridgehead atoms. The highest BCUT2D eigenvalue weighted by molar-refractivity contribution is 6.36. The van der Waals surface area contributed by atoms with Crippen molar-refractivity contribution in [3.8, 4) is 0 Å². The summed E-state index contributed by atoms with van der Waals surface area (Å²) in [5.41, 5.74) is 0.141. The van der Waals surface area contributed by atoms with Crippen LogP contribution in [-0.2, 0) is 24.0 Å². The van der Waals surface area contributed by atoms with Crippen LogP contribution < -0.4 is 21.3 Å². The molecule has 6 rings (SSSR count). The van der Waals surface area contributed by atoms with Gasteiger partial charge in [-0.15, -0.1) is 0 Å². The zero-order chi connectivity index (χ0) is 31.5. The number of hydrogen-bond donors (Lipinski definition) is 6. The third kappa shape index (κ3) is 7.16. The van der Waals surface area contributed by atoms with Crippen molar-refractivity contribution in [3.63, 3.8) is 0 Å². The molecule has 6 N–H and O–H groups in total. The number of nitrogens with one attached hydrogen (secondary N) is 4. The maximum absolute atomic E-state index is 13.4. The van der Waals surface area contributed by atoms with Crippen molar-refractivity contribution in [1.29, 1.82) is 0 Å². The second-order valence-electron chi connectivity index (χ2n) is 13.1. The molecule has 0 aromatic rings. The Morgan fingerprint density at radius 3 is 2.36 bits per heavy atom. The number of β-amino-alcohol motifs (C(OH)–C–C–N with tert-alkyl or cyclic N) is 1. The lowest BCUT2D eigenvalue weighted by molar-refractivity contribution is -0.139. The Labute approximate surface area is 257 Å². The fraction of sp³-hybridized carbons (Fsp3) is 0.710. The van der Waals surface area contributed by atoms with Gasteiger partial charge in [0.1, 0.15) is 18.3 Å². The molecule has 2 heterocycles. The molecule has 4 amide bonds. The summed E-state index contributed by atoms with van der Waals surface area (Å²) in [6.07, 6.45) is 9.48. The summed E-state index contributed by atoms with van der Waals surface area (Å²) < 4.78 is 0. The lowest BCUT2D eigenvalue weighted by Gasteiger charge is -2.55. The zero-order valence-electron chi connectivity index (χ0n) is 25.5. The van der Waals surface area contributed by atoms with E-state index in [0.717, 1.165) is 11.8 Å². The van der Waals surface area contributed by atoms with E-state index in [4.69, 9.17) is 0 Å². The molecule has 1 saturated heterocycles. The van der Waals surface area contributed by atoms with E-state index < -0.39 is 48.0 Å². The molecule has 6 aliphatic rings. The van der Waals surface area contributed by atoms with E-state index in [1.54, 1.807) is 12.3 Å². The van der Waals surface area contributed by atoms with Crippen molar-refractivity contribution >= 4 is 29.4 Å². The summed E-state index contributed by atoms with van der Waals surface area (Å²) in [4.78, 5) is 65.5. The topological polar surface area (TPSA) is 180 Å². The number of aliphatic hydroxyl groups excluding tert-OH is 2. The molecule has 242 valence electrons. The van der Waals surface area contributed by atoms with Crippen molar-refractivity contribution in [2.75, 3.05) is 20.1 Å². The highest BCUT2D eigenvalue weighted by Crippen LogP contribution is 2.53.